The first-order chi connectivity index (χ1) is 26.8. The van der Waals surface area contributed by atoms with Crippen LogP contribution < -0.4 is 0 Å². The number of fused-ring (bicyclic) bond motifs is 24. The molecule has 12 rings (SSSR count). The Morgan fingerprint density at radius 2 is 0.648 bits per heavy atom. The minimum absolute atomic E-state index is 0.917. The molecular weight excluding hydrogens is 657 g/mol. The van der Waals surface area contributed by atoms with Gasteiger partial charge in [-0.25, -0.2) is 9.97 Å². The summed E-state index contributed by atoms with van der Waals surface area (Å²) in [6.07, 6.45) is 0. The van der Waals surface area contributed by atoms with E-state index in [9.17, 15) is 0 Å². The molecule has 250 valence electrons. The molecular formula is C50H30N4. The van der Waals surface area contributed by atoms with E-state index in [1.165, 1.54) is 43.1 Å². The third-order valence-electron chi connectivity index (χ3n) is 11.2. The van der Waals surface area contributed by atoms with Gasteiger partial charge >= 0.3 is 0 Å². The van der Waals surface area contributed by atoms with Crippen molar-refractivity contribution >= 4 is 98.3 Å². The first-order valence-corrected chi connectivity index (χ1v) is 18.4. The van der Waals surface area contributed by atoms with Crippen LogP contribution in [0.4, 0.5) is 0 Å². The van der Waals surface area contributed by atoms with Crippen LogP contribution in [0, 0.1) is 0 Å². The summed E-state index contributed by atoms with van der Waals surface area (Å²) in [6.45, 7) is 0. The van der Waals surface area contributed by atoms with Crippen molar-refractivity contribution in [1.29, 1.82) is 0 Å². The topological polar surface area (TPSA) is 34.6 Å². The lowest BCUT2D eigenvalue weighted by Crippen LogP contribution is -1.88. The Kier molecular flexibility index (Phi) is 6.02. The van der Waals surface area contributed by atoms with Crippen LogP contribution in [0.1, 0.15) is 0 Å². The third kappa shape index (κ3) is 4.19. The predicted molar refractivity (Wildman–Crippen MR) is 227 cm³/mol. The average Bonchev–Trinajstić information content (AvgIpc) is 3.83. The van der Waals surface area contributed by atoms with E-state index >= 15 is 0 Å². The molecule has 4 heterocycles. The molecule has 0 aliphatic heterocycles. The Bertz CT molecular complexity index is 3390. The molecule has 0 unspecified atom stereocenters. The summed E-state index contributed by atoms with van der Waals surface area (Å²) in [4.78, 5) is 11.0. The zero-order valence-corrected chi connectivity index (χ0v) is 29.1. The monoisotopic (exact) mass is 686 g/mol. The summed E-state index contributed by atoms with van der Waals surface area (Å²) < 4.78 is 4.65. The third-order valence-corrected chi connectivity index (χ3v) is 11.2. The standard InChI is InChI=1S/C50H30N4/c1-3-21-41-33-13-7-17-37(29-33)53-45-25-9-23-43(47(45)51-49(53)35-15-5-11-31(27-35)39(41)19-1)44-24-10-26-46-48(44)52-50-36-16-6-12-32(28-36)40-20-2-4-22-42(40)34-14-8-18-38(30-34)54(46)50/h1-30H. The molecule has 8 bridgehead atoms. The van der Waals surface area contributed by atoms with Gasteiger partial charge in [-0.2, -0.15) is 0 Å². The van der Waals surface area contributed by atoms with Crippen LogP contribution in [-0.4, -0.2) is 18.8 Å². The van der Waals surface area contributed by atoms with E-state index in [0.29, 0.717) is 0 Å². The van der Waals surface area contributed by atoms with Crippen molar-refractivity contribution in [2.45, 2.75) is 0 Å². The predicted octanol–water partition coefficient (Wildman–Crippen LogP) is 13.0. The summed E-state index contributed by atoms with van der Waals surface area (Å²) in [6, 6.07) is 65.8. The van der Waals surface area contributed by atoms with Gasteiger partial charge in [0.2, 0.25) is 0 Å². The molecule has 0 N–H and O–H groups in total. The summed E-state index contributed by atoms with van der Waals surface area (Å²) in [7, 11) is 0. The Morgan fingerprint density at radius 3 is 1.07 bits per heavy atom. The number of para-hydroxylation sites is 2. The number of benzene rings is 8. The maximum atomic E-state index is 5.52. The van der Waals surface area contributed by atoms with Crippen LogP contribution >= 0.6 is 0 Å². The summed E-state index contributed by atoms with van der Waals surface area (Å²) in [5, 5.41) is 11.8. The number of imidazole rings is 2. The van der Waals surface area contributed by atoms with E-state index in [-0.39, 0.29) is 0 Å². The largest absolute Gasteiger partial charge is 0.292 e. The number of aromatic nitrogens is 4. The van der Waals surface area contributed by atoms with E-state index in [1.54, 1.807) is 0 Å². The summed E-state index contributed by atoms with van der Waals surface area (Å²) >= 11 is 0. The Hall–Kier alpha value is -7.30. The van der Waals surface area contributed by atoms with Crippen LogP contribution in [-0.2, 0) is 0 Å². The minimum atomic E-state index is 0.917. The van der Waals surface area contributed by atoms with Crippen molar-refractivity contribution in [2.75, 3.05) is 0 Å². The van der Waals surface area contributed by atoms with Crippen LogP contribution in [0.5, 0.6) is 0 Å². The summed E-state index contributed by atoms with van der Waals surface area (Å²) in [5.41, 5.74) is 10.1. The number of hydrogen-bond donors (Lipinski definition) is 0. The van der Waals surface area contributed by atoms with Gasteiger partial charge in [-0.15, -0.1) is 0 Å². The second-order valence-electron chi connectivity index (χ2n) is 14.2. The lowest BCUT2D eigenvalue weighted by Gasteiger charge is -2.06. The average molecular weight is 687 g/mol. The molecule has 0 amide bonds. The van der Waals surface area contributed by atoms with Crippen molar-refractivity contribution in [1.82, 2.24) is 18.8 Å². The van der Waals surface area contributed by atoms with Gasteiger partial charge in [0.25, 0.3) is 0 Å². The molecule has 4 nitrogen and oxygen atoms in total. The number of hydrogen-bond acceptors (Lipinski definition) is 2. The highest BCUT2D eigenvalue weighted by atomic mass is 15.0. The lowest BCUT2D eigenvalue weighted by molar-refractivity contribution is 1.31. The molecule has 0 atom stereocenters. The summed E-state index contributed by atoms with van der Waals surface area (Å²) in [5.74, 6) is 0. The first kappa shape index (κ1) is 29.3. The maximum Gasteiger partial charge on any atom is 0.145 e. The van der Waals surface area contributed by atoms with Gasteiger partial charge in [-0.3, -0.25) is 8.80 Å². The highest BCUT2D eigenvalue weighted by Gasteiger charge is 2.18. The van der Waals surface area contributed by atoms with Crippen LogP contribution in [0.3, 0.4) is 0 Å². The number of rotatable bonds is 1. The highest BCUT2D eigenvalue weighted by Crippen LogP contribution is 2.37. The molecule has 0 radical (unpaired) electrons. The molecule has 4 aromatic heterocycles. The van der Waals surface area contributed by atoms with Gasteiger partial charge in [-0.05, 0) is 91.6 Å². The fourth-order valence-electron chi connectivity index (χ4n) is 8.79. The lowest BCUT2D eigenvalue weighted by atomic mass is 10.0. The SMILES string of the molecule is c1cc2cc(c1)c1nc3c(-c4cccc5c4nc4c6cccc(c6)c6ccccc6c6cccc(c6)n54)cccc3n1c1cccc(c1)c1ccccc21. The molecule has 12 aromatic rings. The molecule has 0 aliphatic carbocycles. The fraction of sp³-hybridized carbons (Fsp3) is 0. The molecule has 8 aromatic carbocycles. The van der Waals surface area contributed by atoms with Gasteiger partial charge < -0.3 is 0 Å². The molecule has 0 fully saturated rings. The molecule has 0 aliphatic rings. The van der Waals surface area contributed by atoms with E-state index in [4.69, 9.17) is 9.97 Å². The van der Waals surface area contributed by atoms with Crippen LogP contribution in [0.2, 0.25) is 0 Å². The van der Waals surface area contributed by atoms with Gasteiger partial charge in [0, 0.05) is 32.9 Å². The first-order valence-electron chi connectivity index (χ1n) is 18.4. The Labute approximate surface area is 309 Å². The van der Waals surface area contributed by atoms with E-state index in [2.05, 4.69) is 191 Å². The Balaban J connectivity index is 1.23. The highest BCUT2D eigenvalue weighted by molar-refractivity contribution is 6.11. The Morgan fingerprint density at radius 1 is 0.296 bits per heavy atom. The van der Waals surface area contributed by atoms with Crippen LogP contribution in [0.15, 0.2) is 182 Å². The minimum Gasteiger partial charge on any atom is -0.292 e. The van der Waals surface area contributed by atoms with Crippen molar-refractivity contribution < 1.29 is 0 Å². The normalized spacial score (nSPS) is 12.1. The quantitative estimate of drug-likeness (QED) is 0.172. The zero-order valence-electron chi connectivity index (χ0n) is 29.1. The van der Waals surface area contributed by atoms with Crippen molar-refractivity contribution in [3.8, 4) is 11.1 Å². The van der Waals surface area contributed by atoms with Gasteiger partial charge in [0.1, 0.15) is 11.3 Å². The smallest absolute Gasteiger partial charge is 0.145 e. The van der Waals surface area contributed by atoms with Gasteiger partial charge in [0.15, 0.2) is 0 Å². The van der Waals surface area contributed by atoms with E-state index < -0.39 is 0 Å². The molecule has 0 spiro atoms. The van der Waals surface area contributed by atoms with Gasteiger partial charge in [-0.1, -0.05) is 133 Å². The fourth-order valence-corrected chi connectivity index (χ4v) is 8.79. The molecule has 54 heavy (non-hydrogen) atoms. The second-order valence-corrected chi connectivity index (χ2v) is 14.2. The molecule has 0 saturated carbocycles. The van der Waals surface area contributed by atoms with Gasteiger partial charge in [0.05, 0.1) is 22.1 Å². The van der Waals surface area contributed by atoms with Crippen LogP contribution in [0.25, 0.3) is 109 Å². The van der Waals surface area contributed by atoms with Crippen molar-refractivity contribution in [3.05, 3.63) is 182 Å². The second kappa shape index (κ2) is 11.1. The van der Waals surface area contributed by atoms with Crippen molar-refractivity contribution in [3.63, 3.8) is 0 Å². The molecule has 4 heteroatoms. The van der Waals surface area contributed by atoms with E-state index in [0.717, 1.165) is 66.3 Å². The molecule has 0 saturated heterocycles. The van der Waals surface area contributed by atoms with E-state index in [1.807, 2.05) is 0 Å². The maximum absolute atomic E-state index is 5.52. The van der Waals surface area contributed by atoms with Crippen molar-refractivity contribution in [2.24, 2.45) is 0 Å². The zero-order chi connectivity index (χ0) is 35.3. The number of nitrogens with zero attached hydrogens (tertiary/aromatic N) is 4.